The second kappa shape index (κ2) is 6.66. The van der Waals surface area contributed by atoms with Crippen molar-refractivity contribution in [2.75, 3.05) is 12.9 Å². The summed E-state index contributed by atoms with van der Waals surface area (Å²) in [4.78, 5) is 0.0885. The molecular formula is C12H19NO5S2. The molecule has 0 unspecified atom stereocenters. The number of benzene rings is 1. The molecule has 0 aliphatic carbocycles. The van der Waals surface area contributed by atoms with Crippen LogP contribution in [0.4, 0.5) is 0 Å². The summed E-state index contributed by atoms with van der Waals surface area (Å²) in [6, 6.07) is 4.75. The largest absolute Gasteiger partial charge is 0.396 e. The molecule has 20 heavy (non-hydrogen) atoms. The Hall–Kier alpha value is -0.960. The van der Waals surface area contributed by atoms with Gasteiger partial charge < -0.3 is 5.11 Å². The molecule has 1 rings (SSSR count). The van der Waals surface area contributed by atoms with Crippen molar-refractivity contribution in [2.45, 2.75) is 35.6 Å². The molecule has 0 fully saturated rings. The molecule has 0 aliphatic rings. The number of nitrogens with one attached hydrogen (secondary N) is 1. The number of rotatable bonds is 7. The van der Waals surface area contributed by atoms with Crippen molar-refractivity contribution >= 4 is 19.9 Å². The maximum Gasteiger partial charge on any atom is 0.240 e. The van der Waals surface area contributed by atoms with Gasteiger partial charge in [-0.25, -0.2) is 21.6 Å². The van der Waals surface area contributed by atoms with Gasteiger partial charge in [0.1, 0.15) is 0 Å². The molecule has 1 atom stereocenters. The minimum Gasteiger partial charge on any atom is -0.396 e. The zero-order chi connectivity index (χ0) is 15.4. The first-order valence-corrected chi connectivity index (χ1v) is 9.47. The Balaban J connectivity index is 2.88. The van der Waals surface area contributed by atoms with Gasteiger partial charge in [-0.15, -0.1) is 0 Å². The summed E-state index contributed by atoms with van der Waals surface area (Å²) in [5.74, 6) is 0. The van der Waals surface area contributed by atoms with E-state index in [0.29, 0.717) is 12.8 Å². The third kappa shape index (κ3) is 4.86. The Kier molecular flexibility index (Phi) is 5.69. The molecule has 0 aromatic heterocycles. The van der Waals surface area contributed by atoms with Crippen LogP contribution in [0.2, 0.25) is 0 Å². The van der Waals surface area contributed by atoms with E-state index in [1.165, 1.54) is 24.3 Å². The first-order chi connectivity index (χ1) is 9.16. The van der Waals surface area contributed by atoms with Gasteiger partial charge >= 0.3 is 0 Å². The molecule has 114 valence electrons. The van der Waals surface area contributed by atoms with Crippen molar-refractivity contribution in [3.63, 3.8) is 0 Å². The molecule has 0 heterocycles. The zero-order valence-electron chi connectivity index (χ0n) is 11.4. The summed E-state index contributed by atoms with van der Waals surface area (Å²) in [5.41, 5.74) is 0. The lowest BCUT2D eigenvalue weighted by Crippen LogP contribution is -2.32. The quantitative estimate of drug-likeness (QED) is 0.763. The maximum absolute atomic E-state index is 12.0. The normalized spacial score (nSPS) is 14.2. The SMILES string of the molecule is C[C@H](CCCO)NS(=O)(=O)c1ccc(S(C)(=O)=O)cc1. The monoisotopic (exact) mass is 321 g/mol. The molecule has 0 saturated heterocycles. The van der Waals surface area contributed by atoms with E-state index >= 15 is 0 Å². The van der Waals surface area contributed by atoms with E-state index in [-0.39, 0.29) is 22.4 Å². The fourth-order valence-corrected chi connectivity index (χ4v) is 3.56. The Labute approximate surface area is 119 Å². The molecule has 0 aliphatic heterocycles. The van der Waals surface area contributed by atoms with Crippen LogP contribution in [0.3, 0.4) is 0 Å². The highest BCUT2D eigenvalue weighted by Gasteiger charge is 2.18. The summed E-state index contributed by atoms with van der Waals surface area (Å²) < 4.78 is 49.2. The lowest BCUT2D eigenvalue weighted by molar-refractivity contribution is 0.279. The minimum absolute atomic E-state index is 0.00905. The Morgan fingerprint density at radius 1 is 1.10 bits per heavy atom. The van der Waals surface area contributed by atoms with E-state index < -0.39 is 19.9 Å². The van der Waals surface area contributed by atoms with Gasteiger partial charge in [-0.2, -0.15) is 0 Å². The molecule has 0 saturated carbocycles. The fourth-order valence-electron chi connectivity index (χ4n) is 1.66. The van der Waals surface area contributed by atoms with Gasteiger partial charge in [0.2, 0.25) is 10.0 Å². The molecule has 0 bridgehead atoms. The van der Waals surface area contributed by atoms with Gasteiger partial charge in [0.05, 0.1) is 9.79 Å². The van der Waals surface area contributed by atoms with Crippen LogP contribution in [-0.4, -0.2) is 40.8 Å². The summed E-state index contributed by atoms with van der Waals surface area (Å²) in [6.45, 7) is 1.72. The minimum atomic E-state index is -3.68. The third-order valence-electron chi connectivity index (χ3n) is 2.71. The fraction of sp³-hybridized carbons (Fsp3) is 0.500. The molecule has 2 N–H and O–H groups in total. The van der Waals surface area contributed by atoms with E-state index in [1.54, 1.807) is 6.92 Å². The van der Waals surface area contributed by atoms with Crippen LogP contribution in [-0.2, 0) is 19.9 Å². The standard InChI is InChI=1S/C12H19NO5S2/c1-10(4-3-9-14)13-20(17,18)12-7-5-11(6-8-12)19(2,15)16/h5-8,10,13-14H,3-4,9H2,1-2H3/t10-/m1/s1. The summed E-state index contributed by atoms with van der Waals surface area (Å²) >= 11 is 0. The highest BCUT2D eigenvalue weighted by Crippen LogP contribution is 2.15. The molecule has 0 spiro atoms. The number of aliphatic hydroxyl groups is 1. The van der Waals surface area contributed by atoms with E-state index in [0.717, 1.165) is 6.26 Å². The first kappa shape index (κ1) is 17.1. The molecular weight excluding hydrogens is 302 g/mol. The van der Waals surface area contributed by atoms with Crippen LogP contribution in [0.1, 0.15) is 19.8 Å². The molecule has 6 nitrogen and oxygen atoms in total. The van der Waals surface area contributed by atoms with Gasteiger partial charge in [0.25, 0.3) is 0 Å². The van der Waals surface area contributed by atoms with Crippen LogP contribution < -0.4 is 4.72 Å². The highest BCUT2D eigenvalue weighted by atomic mass is 32.2. The third-order valence-corrected chi connectivity index (χ3v) is 5.45. The Bertz CT molecular complexity index is 635. The number of sulfone groups is 1. The van der Waals surface area contributed by atoms with Crippen LogP contribution in [0, 0.1) is 0 Å². The van der Waals surface area contributed by atoms with E-state index in [9.17, 15) is 16.8 Å². The van der Waals surface area contributed by atoms with Crippen LogP contribution in [0.5, 0.6) is 0 Å². The number of hydrogen-bond donors (Lipinski definition) is 2. The lowest BCUT2D eigenvalue weighted by atomic mass is 10.2. The average molecular weight is 321 g/mol. The van der Waals surface area contributed by atoms with Gasteiger partial charge in [-0.1, -0.05) is 0 Å². The predicted octanol–water partition coefficient (Wildman–Crippen LogP) is 0.529. The zero-order valence-corrected chi connectivity index (χ0v) is 13.0. The Morgan fingerprint density at radius 2 is 1.60 bits per heavy atom. The van der Waals surface area contributed by atoms with Crippen molar-refractivity contribution in [3.05, 3.63) is 24.3 Å². The number of sulfonamides is 1. The Morgan fingerprint density at radius 3 is 2.05 bits per heavy atom. The topological polar surface area (TPSA) is 101 Å². The van der Waals surface area contributed by atoms with Gasteiger partial charge in [0.15, 0.2) is 9.84 Å². The van der Waals surface area contributed by atoms with E-state index in [2.05, 4.69) is 4.72 Å². The predicted molar refractivity (Wildman–Crippen MR) is 75.7 cm³/mol. The molecule has 1 aromatic carbocycles. The van der Waals surface area contributed by atoms with Crippen molar-refractivity contribution in [3.8, 4) is 0 Å². The van der Waals surface area contributed by atoms with E-state index in [4.69, 9.17) is 5.11 Å². The van der Waals surface area contributed by atoms with Crippen LogP contribution in [0.15, 0.2) is 34.1 Å². The van der Waals surface area contributed by atoms with Gasteiger partial charge in [-0.05, 0) is 44.0 Å². The molecule has 0 radical (unpaired) electrons. The smallest absolute Gasteiger partial charge is 0.240 e. The first-order valence-electron chi connectivity index (χ1n) is 6.10. The summed E-state index contributed by atoms with van der Waals surface area (Å²) in [6.07, 6.45) is 2.10. The summed E-state index contributed by atoms with van der Waals surface area (Å²) in [5, 5.41) is 8.70. The average Bonchev–Trinajstić information content (AvgIpc) is 2.35. The van der Waals surface area contributed by atoms with Crippen molar-refractivity contribution < 1.29 is 21.9 Å². The molecule has 8 heteroatoms. The summed E-state index contributed by atoms with van der Waals surface area (Å²) in [7, 11) is -7.02. The van der Waals surface area contributed by atoms with Crippen LogP contribution in [0.25, 0.3) is 0 Å². The van der Waals surface area contributed by atoms with Gasteiger partial charge in [0, 0.05) is 18.9 Å². The van der Waals surface area contributed by atoms with Gasteiger partial charge in [-0.3, -0.25) is 0 Å². The van der Waals surface area contributed by atoms with Crippen LogP contribution >= 0.6 is 0 Å². The number of aliphatic hydroxyl groups excluding tert-OH is 1. The second-order valence-electron chi connectivity index (χ2n) is 4.63. The second-order valence-corrected chi connectivity index (χ2v) is 8.36. The number of hydrogen-bond acceptors (Lipinski definition) is 5. The van der Waals surface area contributed by atoms with Crippen molar-refractivity contribution in [2.24, 2.45) is 0 Å². The molecule has 0 amide bonds. The maximum atomic E-state index is 12.0. The highest BCUT2D eigenvalue weighted by molar-refractivity contribution is 7.90. The van der Waals surface area contributed by atoms with Crippen molar-refractivity contribution in [1.82, 2.24) is 4.72 Å². The molecule has 1 aromatic rings. The van der Waals surface area contributed by atoms with E-state index in [1.807, 2.05) is 0 Å². The van der Waals surface area contributed by atoms with Crippen molar-refractivity contribution in [1.29, 1.82) is 0 Å². The lowest BCUT2D eigenvalue weighted by Gasteiger charge is -2.13.